The molecule has 1 aliphatic heterocycles. The zero-order valence-corrected chi connectivity index (χ0v) is 15.8. The van der Waals surface area contributed by atoms with Gasteiger partial charge in [0.2, 0.25) is 0 Å². The maximum absolute atomic E-state index is 12.5. The minimum Gasteiger partial charge on any atom is -0.444 e. The topological polar surface area (TPSA) is 91.4 Å². The molecule has 0 spiro atoms. The van der Waals surface area contributed by atoms with Crippen molar-refractivity contribution in [1.82, 2.24) is 19.9 Å². The van der Waals surface area contributed by atoms with Crippen molar-refractivity contribution in [2.24, 2.45) is 0 Å². The Kier molecular flexibility index (Phi) is 4.60. The second-order valence-electron chi connectivity index (χ2n) is 7.77. The Labute approximate surface area is 152 Å². The molecule has 8 nitrogen and oxygen atoms in total. The molecule has 0 bridgehead atoms. The van der Waals surface area contributed by atoms with Crippen molar-refractivity contribution in [3.63, 3.8) is 0 Å². The molecule has 3 rings (SSSR count). The largest absolute Gasteiger partial charge is 0.444 e. The van der Waals surface area contributed by atoms with Crippen molar-refractivity contribution >= 4 is 29.2 Å². The molecule has 2 aromatic heterocycles. The highest BCUT2D eigenvalue weighted by atomic mass is 16.6. The zero-order valence-electron chi connectivity index (χ0n) is 15.8. The fourth-order valence-corrected chi connectivity index (χ4v) is 3.28. The number of anilines is 1. The van der Waals surface area contributed by atoms with Crippen LogP contribution in [0.2, 0.25) is 0 Å². The number of carbonyl (C=O) groups excluding carboxylic acids is 2. The number of amides is 1. The summed E-state index contributed by atoms with van der Waals surface area (Å²) in [6.45, 7) is 10.7. The van der Waals surface area contributed by atoms with Gasteiger partial charge in [-0.15, -0.1) is 0 Å². The van der Waals surface area contributed by atoms with Crippen molar-refractivity contribution in [3.05, 3.63) is 18.1 Å². The summed E-state index contributed by atoms with van der Waals surface area (Å²) >= 11 is 0. The van der Waals surface area contributed by atoms with E-state index in [0.717, 1.165) is 6.29 Å². The summed E-state index contributed by atoms with van der Waals surface area (Å²) in [5.41, 5.74) is 0.636. The highest BCUT2D eigenvalue weighted by Gasteiger charge is 2.35. The number of piperazine rings is 1. The number of hydrogen-bond acceptors (Lipinski definition) is 6. The third kappa shape index (κ3) is 3.36. The van der Waals surface area contributed by atoms with Gasteiger partial charge in [0, 0.05) is 36.9 Å². The Morgan fingerprint density at radius 2 is 2.00 bits per heavy atom. The fraction of sp³-hybridized carbons (Fsp3) is 0.556. The first kappa shape index (κ1) is 18.2. The molecule has 8 heteroatoms. The Hall–Kier alpha value is -2.64. The molecule has 2 aromatic rings. The van der Waals surface area contributed by atoms with E-state index in [2.05, 4.69) is 19.9 Å². The van der Waals surface area contributed by atoms with E-state index in [4.69, 9.17) is 4.74 Å². The van der Waals surface area contributed by atoms with Gasteiger partial charge >= 0.3 is 6.09 Å². The van der Waals surface area contributed by atoms with Gasteiger partial charge in [0.1, 0.15) is 23.4 Å². The number of aromatic amines is 1. The van der Waals surface area contributed by atoms with Crippen LogP contribution < -0.4 is 4.90 Å². The first-order valence-corrected chi connectivity index (χ1v) is 8.74. The van der Waals surface area contributed by atoms with Gasteiger partial charge < -0.3 is 19.5 Å². The van der Waals surface area contributed by atoms with Gasteiger partial charge in [-0.25, -0.2) is 14.8 Å². The lowest BCUT2D eigenvalue weighted by Gasteiger charge is -2.44. The molecule has 2 unspecified atom stereocenters. The first-order valence-electron chi connectivity index (χ1n) is 8.74. The molecule has 1 aliphatic rings. The smallest absolute Gasteiger partial charge is 0.410 e. The summed E-state index contributed by atoms with van der Waals surface area (Å²) in [5.74, 6) is 0.710. The fourth-order valence-electron chi connectivity index (χ4n) is 3.28. The number of ether oxygens (including phenoxy) is 1. The lowest BCUT2D eigenvalue weighted by molar-refractivity contribution is 0.0130. The average molecular weight is 359 g/mol. The van der Waals surface area contributed by atoms with Gasteiger partial charge in [0.25, 0.3) is 0 Å². The van der Waals surface area contributed by atoms with Gasteiger partial charge in [0.05, 0.1) is 5.39 Å². The number of carbonyl (C=O) groups is 2. The number of nitrogens with zero attached hydrogens (tertiary/aromatic N) is 4. The molecule has 3 heterocycles. The van der Waals surface area contributed by atoms with Crippen molar-refractivity contribution < 1.29 is 14.3 Å². The van der Waals surface area contributed by atoms with Crippen LogP contribution in [-0.2, 0) is 4.74 Å². The summed E-state index contributed by atoms with van der Waals surface area (Å²) in [7, 11) is 0. The minimum atomic E-state index is -0.528. The van der Waals surface area contributed by atoms with Crippen LogP contribution in [0.1, 0.15) is 45.0 Å². The van der Waals surface area contributed by atoms with Gasteiger partial charge in [-0.3, -0.25) is 4.79 Å². The lowest BCUT2D eigenvalue weighted by Crippen LogP contribution is -2.59. The standard InChI is InChI=1S/C18H25N5O3/c1-11-8-23(17(25)26-18(3,4)5)12(2)7-22(11)16-14-13(9-24)6-19-15(14)20-10-21-16/h6,9-12H,7-8H2,1-5H3,(H,19,20,21). The molecule has 140 valence electrons. The molecule has 2 atom stereocenters. The van der Waals surface area contributed by atoms with E-state index >= 15 is 0 Å². The summed E-state index contributed by atoms with van der Waals surface area (Å²) in [6.07, 6.45) is 3.62. The van der Waals surface area contributed by atoms with E-state index in [1.165, 1.54) is 6.33 Å². The molecule has 0 aliphatic carbocycles. The van der Waals surface area contributed by atoms with Crippen molar-refractivity contribution in [1.29, 1.82) is 0 Å². The van der Waals surface area contributed by atoms with E-state index in [0.29, 0.717) is 35.5 Å². The van der Waals surface area contributed by atoms with Gasteiger partial charge in [-0.1, -0.05) is 0 Å². The van der Waals surface area contributed by atoms with Crippen molar-refractivity contribution in [3.8, 4) is 0 Å². The summed E-state index contributed by atoms with van der Waals surface area (Å²) in [6, 6.07) is -0.0316. The van der Waals surface area contributed by atoms with E-state index in [9.17, 15) is 9.59 Å². The summed E-state index contributed by atoms with van der Waals surface area (Å²) < 4.78 is 5.52. The second-order valence-corrected chi connectivity index (χ2v) is 7.77. The monoisotopic (exact) mass is 359 g/mol. The number of nitrogens with one attached hydrogen (secondary N) is 1. The molecule has 0 saturated carbocycles. The number of aromatic nitrogens is 3. The SMILES string of the molecule is CC1CN(c2ncnc3[nH]cc(C=O)c23)C(C)CN1C(=O)OC(C)(C)C. The molecular weight excluding hydrogens is 334 g/mol. The molecule has 0 aromatic carbocycles. The number of fused-ring (bicyclic) bond motifs is 1. The maximum Gasteiger partial charge on any atom is 0.410 e. The summed E-state index contributed by atoms with van der Waals surface area (Å²) in [5, 5.41) is 0.715. The van der Waals surface area contributed by atoms with Crippen LogP contribution in [0.5, 0.6) is 0 Å². The number of hydrogen-bond donors (Lipinski definition) is 1. The quantitative estimate of drug-likeness (QED) is 0.829. The molecule has 1 amide bonds. The number of H-pyrrole nitrogens is 1. The van der Waals surface area contributed by atoms with Crippen LogP contribution in [-0.4, -0.2) is 63.0 Å². The Morgan fingerprint density at radius 1 is 1.27 bits per heavy atom. The van der Waals surface area contributed by atoms with E-state index in [-0.39, 0.29) is 18.2 Å². The highest BCUT2D eigenvalue weighted by Crippen LogP contribution is 2.30. The highest BCUT2D eigenvalue weighted by molar-refractivity contribution is 6.02. The molecule has 1 N–H and O–H groups in total. The van der Waals surface area contributed by atoms with E-state index in [1.54, 1.807) is 11.1 Å². The first-order chi connectivity index (χ1) is 12.2. The number of aldehydes is 1. The summed E-state index contributed by atoms with van der Waals surface area (Å²) in [4.78, 5) is 39.4. The molecule has 1 fully saturated rings. The van der Waals surface area contributed by atoms with Gasteiger partial charge in [-0.2, -0.15) is 0 Å². The Bertz CT molecular complexity index is 826. The number of rotatable bonds is 2. The van der Waals surface area contributed by atoms with Gasteiger partial charge in [-0.05, 0) is 34.6 Å². The molecule has 0 radical (unpaired) electrons. The van der Waals surface area contributed by atoms with Crippen LogP contribution in [0, 0.1) is 0 Å². The van der Waals surface area contributed by atoms with Crippen LogP contribution >= 0.6 is 0 Å². The molecular formula is C18H25N5O3. The predicted octanol–water partition coefficient (Wildman–Crippen LogP) is 2.60. The van der Waals surface area contributed by atoms with Crippen LogP contribution in [0.25, 0.3) is 11.0 Å². The van der Waals surface area contributed by atoms with Gasteiger partial charge in [0.15, 0.2) is 6.29 Å². The van der Waals surface area contributed by atoms with Crippen molar-refractivity contribution in [2.75, 3.05) is 18.0 Å². The minimum absolute atomic E-state index is 0.0196. The lowest BCUT2D eigenvalue weighted by atomic mass is 10.1. The third-order valence-electron chi connectivity index (χ3n) is 4.49. The Morgan fingerprint density at radius 3 is 2.65 bits per heavy atom. The van der Waals surface area contributed by atoms with Crippen molar-refractivity contribution in [2.45, 2.75) is 52.3 Å². The average Bonchev–Trinajstić information content (AvgIpc) is 2.98. The second kappa shape index (κ2) is 6.59. The van der Waals surface area contributed by atoms with E-state index in [1.807, 2.05) is 34.6 Å². The maximum atomic E-state index is 12.5. The third-order valence-corrected chi connectivity index (χ3v) is 4.49. The zero-order chi connectivity index (χ0) is 19.1. The van der Waals surface area contributed by atoms with Crippen LogP contribution in [0.3, 0.4) is 0 Å². The molecule has 26 heavy (non-hydrogen) atoms. The normalized spacial score (nSPS) is 21.1. The van der Waals surface area contributed by atoms with Crippen LogP contribution in [0.15, 0.2) is 12.5 Å². The van der Waals surface area contributed by atoms with E-state index < -0.39 is 5.60 Å². The Balaban J connectivity index is 1.88. The molecule has 1 saturated heterocycles. The predicted molar refractivity (Wildman–Crippen MR) is 98.5 cm³/mol. The van der Waals surface area contributed by atoms with Crippen LogP contribution in [0.4, 0.5) is 10.6 Å².